The first kappa shape index (κ1) is 18.6. The molecule has 2 rings (SSSR count). The van der Waals surface area contributed by atoms with E-state index in [9.17, 15) is 9.59 Å². The van der Waals surface area contributed by atoms with Crippen LogP contribution in [-0.2, 0) is 17.8 Å². The molecule has 1 aromatic heterocycles. The monoisotopic (exact) mass is 344 g/mol. The number of methoxy groups -OCH3 is 2. The number of hydrogen-bond donors (Lipinski definition) is 2. The van der Waals surface area contributed by atoms with E-state index in [2.05, 4.69) is 10.3 Å². The molecule has 6 nitrogen and oxygen atoms in total. The molecule has 134 valence electrons. The fourth-order valence-electron chi connectivity index (χ4n) is 2.67. The van der Waals surface area contributed by atoms with Crippen molar-refractivity contribution in [3.8, 4) is 11.5 Å². The van der Waals surface area contributed by atoms with Gasteiger partial charge >= 0.3 is 0 Å². The van der Waals surface area contributed by atoms with Crippen LogP contribution in [0.3, 0.4) is 0 Å². The van der Waals surface area contributed by atoms with Gasteiger partial charge in [0.1, 0.15) is 0 Å². The Morgan fingerprint density at radius 1 is 1.12 bits per heavy atom. The first-order valence-electron chi connectivity index (χ1n) is 8.11. The normalized spacial score (nSPS) is 10.4. The Balaban J connectivity index is 1.92. The maximum atomic E-state index is 12.1. The van der Waals surface area contributed by atoms with Gasteiger partial charge in [-0.15, -0.1) is 0 Å². The van der Waals surface area contributed by atoms with Gasteiger partial charge in [0.15, 0.2) is 11.5 Å². The predicted octanol–water partition coefficient (Wildman–Crippen LogP) is 2.26. The summed E-state index contributed by atoms with van der Waals surface area (Å²) in [5.74, 6) is 1.20. The molecule has 1 heterocycles. The van der Waals surface area contributed by atoms with Gasteiger partial charge in [-0.3, -0.25) is 9.59 Å². The van der Waals surface area contributed by atoms with Crippen molar-refractivity contribution in [3.05, 3.63) is 57.0 Å². The molecule has 0 aliphatic rings. The van der Waals surface area contributed by atoms with Gasteiger partial charge < -0.3 is 19.8 Å². The molecule has 0 spiro atoms. The molecule has 0 atom stereocenters. The largest absolute Gasteiger partial charge is 0.493 e. The van der Waals surface area contributed by atoms with E-state index in [0.717, 1.165) is 16.8 Å². The summed E-state index contributed by atoms with van der Waals surface area (Å²) in [6, 6.07) is 7.48. The number of rotatable bonds is 7. The van der Waals surface area contributed by atoms with Gasteiger partial charge in [-0.05, 0) is 49.6 Å². The van der Waals surface area contributed by atoms with Crippen LogP contribution in [0.4, 0.5) is 0 Å². The van der Waals surface area contributed by atoms with Gasteiger partial charge in [-0.25, -0.2) is 0 Å². The highest BCUT2D eigenvalue weighted by Crippen LogP contribution is 2.27. The summed E-state index contributed by atoms with van der Waals surface area (Å²) in [5, 5.41) is 2.81. The maximum absolute atomic E-state index is 12.1. The molecule has 0 radical (unpaired) electrons. The molecule has 0 aliphatic carbocycles. The minimum atomic E-state index is -0.155. The van der Waals surface area contributed by atoms with Gasteiger partial charge in [-0.1, -0.05) is 6.07 Å². The van der Waals surface area contributed by atoms with Gasteiger partial charge in [0.05, 0.1) is 14.2 Å². The molecular weight excluding hydrogens is 320 g/mol. The van der Waals surface area contributed by atoms with Crippen molar-refractivity contribution in [2.45, 2.75) is 33.2 Å². The zero-order valence-corrected chi connectivity index (χ0v) is 15.1. The lowest BCUT2D eigenvalue weighted by atomic mass is 10.1. The van der Waals surface area contributed by atoms with Crippen molar-refractivity contribution in [2.24, 2.45) is 0 Å². The smallest absolute Gasteiger partial charge is 0.253 e. The quantitative estimate of drug-likeness (QED) is 0.807. The summed E-state index contributed by atoms with van der Waals surface area (Å²) in [5.41, 5.74) is 3.10. The third-order valence-corrected chi connectivity index (χ3v) is 4.04. The molecule has 0 fully saturated rings. The highest BCUT2D eigenvalue weighted by molar-refractivity contribution is 5.76. The van der Waals surface area contributed by atoms with E-state index >= 15 is 0 Å². The number of benzene rings is 1. The summed E-state index contributed by atoms with van der Waals surface area (Å²) in [6.45, 7) is 3.93. The van der Waals surface area contributed by atoms with E-state index in [1.165, 1.54) is 0 Å². The number of carbonyl (C=O) groups excluding carboxylic acids is 1. The fourth-order valence-corrected chi connectivity index (χ4v) is 2.67. The van der Waals surface area contributed by atoms with Crippen molar-refractivity contribution < 1.29 is 14.3 Å². The Hall–Kier alpha value is -2.76. The lowest BCUT2D eigenvalue weighted by Gasteiger charge is -2.10. The van der Waals surface area contributed by atoms with Crippen molar-refractivity contribution in [1.82, 2.24) is 10.3 Å². The highest BCUT2D eigenvalue weighted by Gasteiger charge is 2.09. The molecule has 0 saturated heterocycles. The number of aryl methyl sites for hydroxylation is 3. The van der Waals surface area contributed by atoms with Crippen molar-refractivity contribution in [1.29, 1.82) is 0 Å². The van der Waals surface area contributed by atoms with E-state index in [1.54, 1.807) is 14.2 Å². The predicted molar refractivity (Wildman–Crippen MR) is 96.3 cm³/mol. The minimum absolute atomic E-state index is 0.103. The lowest BCUT2D eigenvalue weighted by Crippen LogP contribution is -2.28. The number of nitrogens with one attached hydrogen (secondary N) is 2. The second-order valence-corrected chi connectivity index (χ2v) is 5.91. The third kappa shape index (κ3) is 4.86. The molecule has 25 heavy (non-hydrogen) atoms. The Kier molecular flexibility index (Phi) is 6.22. The molecule has 1 amide bonds. The number of H-pyrrole nitrogens is 1. The number of pyridine rings is 1. The van der Waals surface area contributed by atoms with Crippen LogP contribution in [0.2, 0.25) is 0 Å². The SMILES string of the molecule is COc1ccc(CCC(=O)NCc2c(C)cc(C)[nH]c2=O)cc1OC. The van der Waals surface area contributed by atoms with Gasteiger partial charge in [-0.2, -0.15) is 0 Å². The zero-order valence-electron chi connectivity index (χ0n) is 15.1. The van der Waals surface area contributed by atoms with Crippen molar-refractivity contribution >= 4 is 5.91 Å². The van der Waals surface area contributed by atoms with Crippen molar-refractivity contribution in [3.63, 3.8) is 0 Å². The number of ether oxygens (including phenoxy) is 2. The number of aromatic nitrogens is 1. The standard InChI is InChI=1S/C19H24N2O4/c1-12-9-13(2)21-19(23)15(12)11-20-18(22)8-6-14-5-7-16(24-3)17(10-14)25-4/h5,7,9-10H,6,8,11H2,1-4H3,(H,20,22)(H,21,23). The molecule has 0 saturated carbocycles. The molecule has 6 heteroatoms. The Morgan fingerprint density at radius 2 is 1.84 bits per heavy atom. The van der Waals surface area contributed by atoms with Crippen LogP contribution in [0, 0.1) is 13.8 Å². The minimum Gasteiger partial charge on any atom is -0.493 e. The van der Waals surface area contributed by atoms with Gasteiger partial charge in [0, 0.05) is 24.2 Å². The van der Waals surface area contributed by atoms with Gasteiger partial charge in [0.2, 0.25) is 5.91 Å². The number of amides is 1. The fraction of sp³-hybridized carbons (Fsp3) is 0.368. The second kappa shape index (κ2) is 8.37. The summed E-state index contributed by atoms with van der Waals surface area (Å²) >= 11 is 0. The molecule has 0 unspecified atom stereocenters. The average molecular weight is 344 g/mol. The van der Waals surface area contributed by atoms with E-state index in [4.69, 9.17) is 9.47 Å². The number of aromatic amines is 1. The van der Waals surface area contributed by atoms with E-state index < -0.39 is 0 Å². The second-order valence-electron chi connectivity index (χ2n) is 5.91. The number of hydrogen-bond acceptors (Lipinski definition) is 4. The molecule has 0 aliphatic heterocycles. The summed E-state index contributed by atoms with van der Waals surface area (Å²) < 4.78 is 10.5. The maximum Gasteiger partial charge on any atom is 0.253 e. The van der Waals surface area contributed by atoms with Crippen molar-refractivity contribution in [2.75, 3.05) is 14.2 Å². The topological polar surface area (TPSA) is 80.4 Å². The summed E-state index contributed by atoms with van der Waals surface area (Å²) in [6.07, 6.45) is 0.910. The molecule has 1 aromatic carbocycles. The van der Waals surface area contributed by atoms with E-state index in [-0.39, 0.29) is 18.0 Å². The lowest BCUT2D eigenvalue weighted by molar-refractivity contribution is -0.121. The first-order chi connectivity index (χ1) is 11.9. The van der Waals surface area contributed by atoms with Crippen LogP contribution in [-0.4, -0.2) is 25.1 Å². The molecule has 0 bridgehead atoms. The number of carbonyl (C=O) groups is 1. The summed E-state index contributed by atoms with van der Waals surface area (Å²) in [7, 11) is 3.16. The Morgan fingerprint density at radius 3 is 2.48 bits per heavy atom. The van der Waals surface area contributed by atoms with Gasteiger partial charge in [0.25, 0.3) is 5.56 Å². The molecular formula is C19H24N2O4. The van der Waals surface area contributed by atoms with E-state index in [0.29, 0.717) is 29.9 Å². The van der Waals surface area contributed by atoms with Crippen LogP contribution in [0.25, 0.3) is 0 Å². The molecule has 2 N–H and O–H groups in total. The van der Waals surface area contributed by atoms with Crippen LogP contribution in [0.5, 0.6) is 11.5 Å². The summed E-state index contributed by atoms with van der Waals surface area (Å²) in [4.78, 5) is 26.8. The van der Waals surface area contributed by atoms with Crippen LogP contribution < -0.4 is 20.3 Å². The highest BCUT2D eigenvalue weighted by atomic mass is 16.5. The third-order valence-electron chi connectivity index (χ3n) is 4.04. The zero-order chi connectivity index (χ0) is 18.4. The Bertz CT molecular complexity index is 812. The van der Waals surface area contributed by atoms with Crippen LogP contribution in [0.15, 0.2) is 29.1 Å². The average Bonchev–Trinajstić information content (AvgIpc) is 2.58. The van der Waals surface area contributed by atoms with Crippen LogP contribution >= 0.6 is 0 Å². The van der Waals surface area contributed by atoms with E-state index in [1.807, 2.05) is 38.1 Å². The molecule has 2 aromatic rings. The Labute approximate surface area is 147 Å². The first-order valence-corrected chi connectivity index (χ1v) is 8.11. The van der Waals surface area contributed by atoms with Crippen LogP contribution in [0.1, 0.15) is 28.8 Å².